The van der Waals surface area contributed by atoms with Gasteiger partial charge in [-0.3, -0.25) is 0 Å². The van der Waals surface area contributed by atoms with Crippen LogP contribution < -0.4 is 4.74 Å². The average Bonchev–Trinajstić information content (AvgIpc) is 2.38. The molecule has 1 nitrogen and oxygen atoms in total. The van der Waals surface area contributed by atoms with Gasteiger partial charge in [0, 0.05) is 9.79 Å². The summed E-state index contributed by atoms with van der Waals surface area (Å²) in [6.07, 6.45) is 0. The molecule has 0 saturated carbocycles. The summed E-state index contributed by atoms with van der Waals surface area (Å²) in [5, 5.41) is 0. The van der Waals surface area contributed by atoms with Gasteiger partial charge in [-0.05, 0) is 30.3 Å². The van der Waals surface area contributed by atoms with Gasteiger partial charge in [-0.1, -0.05) is 45.9 Å². The van der Waals surface area contributed by atoms with E-state index in [4.69, 9.17) is 4.74 Å². The van der Waals surface area contributed by atoms with Crippen LogP contribution >= 0.6 is 21.6 Å². The molecule has 3 heteroatoms. The second-order valence-electron chi connectivity index (χ2n) is 3.16. The second kappa shape index (κ2) is 5.87. The zero-order valence-electron chi connectivity index (χ0n) is 8.92. The highest BCUT2D eigenvalue weighted by molar-refractivity contribution is 8.76. The van der Waals surface area contributed by atoms with Crippen molar-refractivity contribution in [3.8, 4) is 5.75 Å². The summed E-state index contributed by atoms with van der Waals surface area (Å²) in [6, 6.07) is 18.4. The van der Waals surface area contributed by atoms with Gasteiger partial charge in [-0.25, -0.2) is 0 Å². The SMILES string of the molecule is COc1cccc(SSc2ccccc2)c1. The zero-order chi connectivity index (χ0) is 11.2. The van der Waals surface area contributed by atoms with Gasteiger partial charge < -0.3 is 4.74 Å². The molecule has 2 aromatic rings. The first-order valence-corrected chi connectivity index (χ1v) is 7.07. The monoisotopic (exact) mass is 248 g/mol. The Morgan fingerprint density at radius 3 is 2.25 bits per heavy atom. The van der Waals surface area contributed by atoms with Crippen LogP contribution in [-0.4, -0.2) is 7.11 Å². The molecule has 0 spiro atoms. The van der Waals surface area contributed by atoms with Crippen LogP contribution in [0, 0.1) is 0 Å². The summed E-state index contributed by atoms with van der Waals surface area (Å²) in [4.78, 5) is 2.46. The molecule has 0 aliphatic heterocycles. The van der Waals surface area contributed by atoms with Crippen LogP contribution in [0.4, 0.5) is 0 Å². The summed E-state index contributed by atoms with van der Waals surface area (Å²) in [7, 11) is 5.18. The third-order valence-electron chi connectivity index (χ3n) is 2.02. The van der Waals surface area contributed by atoms with E-state index in [2.05, 4.69) is 30.3 Å². The lowest BCUT2D eigenvalue weighted by Crippen LogP contribution is -1.81. The molecule has 0 aliphatic rings. The normalized spacial score (nSPS) is 10.1. The minimum Gasteiger partial charge on any atom is -0.497 e. The maximum atomic E-state index is 5.18. The number of rotatable bonds is 4. The Kier molecular flexibility index (Phi) is 4.19. The van der Waals surface area contributed by atoms with Gasteiger partial charge in [-0.15, -0.1) is 0 Å². The van der Waals surface area contributed by atoms with Crippen molar-refractivity contribution in [2.75, 3.05) is 7.11 Å². The maximum absolute atomic E-state index is 5.18. The van der Waals surface area contributed by atoms with E-state index in [1.165, 1.54) is 9.79 Å². The summed E-state index contributed by atoms with van der Waals surface area (Å²) in [6.45, 7) is 0. The minimum absolute atomic E-state index is 0.902. The predicted octanol–water partition coefficient (Wildman–Crippen LogP) is 4.49. The molecule has 0 aromatic heterocycles. The predicted molar refractivity (Wildman–Crippen MR) is 71.2 cm³/mol. The van der Waals surface area contributed by atoms with Crippen molar-refractivity contribution >= 4 is 21.6 Å². The molecule has 0 aliphatic carbocycles. The largest absolute Gasteiger partial charge is 0.497 e. The molecule has 0 atom stereocenters. The van der Waals surface area contributed by atoms with E-state index in [0.29, 0.717) is 0 Å². The molecule has 0 N–H and O–H groups in total. The molecule has 0 amide bonds. The third-order valence-corrected chi connectivity index (χ3v) is 4.42. The highest BCUT2D eigenvalue weighted by atomic mass is 33.1. The molecule has 0 heterocycles. The van der Waals surface area contributed by atoms with E-state index in [0.717, 1.165) is 5.75 Å². The van der Waals surface area contributed by atoms with Crippen LogP contribution in [0.15, 0.2) is 64.4 Å². The van der Waals surface area contributed by atoms with Crippen molar-refractivity contribution in [3.63, 3.8) is 0 Å². The molecule has 16 heavy (non-hydrogen) atoms. The summed E-state index contributed by atoms with van der Waals surface area (Å²) >= 11 is 0. The quantitative estimate of drug-likeness (QED) is 0.738. The van der Waals surface area contributed by atoms with Gasteiger partial charge in [0.05, 0.1) is 7.11 Å². The van der Waals surface area contributed by atoms with Crippen molar-refractivity contribution in [2.45, 2.75) is 9.79 Å². The van der Waals surface area contributed by atoms with Gasteiger partial charge in [-0.2, -0.15) is 0 Å². The van der Waals surface area contributed by atoms with E-state index >= 15 is 0 Å². The van der Waals surface area contributed by atoms with Crippen molar-refractivity contribution in [2.24, 2.45) is 0 Å². The number of benzene rings is 2. The highest BCUT2D eigenvalue weighted by Gasteiger charge is 1.98. The number of methoxy groups -OCH3 is 1. The first-order chi connectivity index (χ1) is 7.88. The zero-order valence-corrected chi connectivity index (χ0v) is 10.6. The minimum atomic E-state index is 0.902. The maximum Gasteiger partial charge on any atom is 0.120 e. The summed E-state index contributed by atoms with van der Waals surface area (Å²) in [5.41, 5.74) is 0. The number of hydrogen-bond acceptors (Lipinski definition) is 3. The Morgan fingerprint density at radius 1 is 0.812 bits per heavy atom. The molecular weight excluding hydrogens is 236 g/mol. The van der Waals surface area contributed by atoms with Gasteiger partial charge in [0.25, 0.3) is 0 Å². The van der Waals surface area contributed by atoms with Crippen molar-refractivity contribution in [3.05, 3.63) is 54.6 Å². The van der Waals surface area contributed by atoms with E-state index in [1.807, 2.05) is 24.3 Å². The fourth-order valence-electron chi connectivity index (χ4n) is 1.23. The van der Waals surface area contributed by atoms with E-state index in [9.17, 15) is 0 Å². The fraction of sp³-hybridized carbons (Fsp3) is 0.0769. The third kappa shape index (κ3) is 3.22. The lowest BCUT2D eigenvalue weighted by atomic mass is 10.3. The second-order valence-corrected chi connectivity index (χ2v) is 5.43. The average molecular weight is 248 g/mol. The van der Waals surface area contributed by atoms with Crippen LogP contribution in [0.5, 0.6) is 5.75 Å². The van der Waals surface area contributed by atoms with E-state index in [-0.39, 0.29) is 0 Å². The molecule has 0 fully saturated rings. The molecular formula is C13H12OS2. The smallest absolute Gasteiger partial charge is 0.120 e. The highest BCUT2D eigenvalue weighted by Crippen LogP contribution is 2.38. The van der Waals surface area contributed by atoms with E-state index < -0.39 is 0 Å². The molecule has 0 unspecified atom stereocenters. The summed E-state index contributed by atoms with van der Waals surface area (Å²) in [5.74, 6) is 0.902. The van der Waals surface area contributed by atoms with Crippen molar-refractivity contribution in [1.82, 2.24) is 0 Å². The lowest BCUT2D eigenvalue weighted by molar-refractivity contribution is 0.413. The molecule has 2 rings (SSSR count). The topological polar surface area (TPSA) is 9.23 Å². The molecule has 0 saturated heterocycles. The Hall–Kier alpha value is -1.06. The Balaban J connectivity index is 1.99. The molecule has 82 valence electrons. The van der Waals surface area contributed by atoms with Crippen LogP contribution in [-0.2, 0) is 0 Å². The van der Waals surface area contributed by atoms with Crippen LogP contribution in [0.1, 0.15) is 0 Å². The standard InChI is InChI=1S/C13H12OS2/c1-14-11-6-5-9-13(10-11)16-15-12-7-3-2-4-8-12/h2-10H,1H3. The van der Waals surface area contributed by atoms with Crippen LogP contribution in [0.2, 0.25) is 0 Å². The number of hydrogen-bond donors (Lipinski definition) is 0. The van der Waals surface area contributed by atoms with E-state index in [1.54, 1.807) is 28.7 Å². The van der Waals surface area contributed by atoms with Gasteiger partial charge in [0.2, 0.25) is 0 Å². The molecule has 2 aromatic carbocycles. The van der Waals surface area contributed by atoms with Gasteiger partial charge in [0.15, 0.2) is 0 Å². The lowest BCUT2D eigenvalue weighted by Gasteiger charge is -2.03. The first-order valence-electron chi connectivity index (χ1n) is 4.92. The molecule has 0 bridgehead atoms. The molecule has 0 radical (unpaired) electrons. The summed E-state index contributed by atoms with van der Waals surface area (Å²) < 4.78 is 5.18. The van der Waals surface area contributed by atoms with Crippen molar-refractivity contribution < 1.29 is 4.74 Å². The van der Waals surface area contributed by atoms with Gasteiger partial charge >= 0.3 is 0 Å². The number of ether oxygens (including phenoxy) is 1. The first kappa shape index (κ1) is 11.4. The van der Waals surface area contributed by atoms with Crippen LogP contribution in [0.3, 0.4) is 0 Å². The van der Waals surface area contributed by atoms with Crippen molar-refractivity contribution in [1.29, 1.82) is 0 Å². The van der Waals surface area contributed by atoms with Crippen LogP contribution in [0.25, 0.3) is 0 Å². The Bertz CT molecular complexity index is 443. The Labute approximate surface area is 104 Å². The fourth-order valence-corrected chi connectivity index (χ4v) is 3.21. The Morgan fingerprint density at radius 2 is 1.50 bits per heavy atom. The van der Waals surface area contributed by atoms with Gasteiger partial charge in [0.1, 0.15) is 5.75 Å².